The third-order valence-electron chi connectivity index (χ3n) is 3.51. The van der Waals surface area contributed by atoms with Crippen LogP contribution in [-0.4, -0.2) is 28.7 Å². The highest BCUT2D eigenvalue weighted by molar-refractivity contribution is 7.99. The maximum atomic E-state index is 11.5. The number of nitrogens with two attached hydrogens (primary N) is 1. The largest absolute Gasteiger partial charge is 0.368 e. The summed E-state index contributed by atoms with van der Waals surface area (Å²) in [5.41, 5.74) is 7.20. The Labute approximate surface area is 132 Å². The van der Waals surface area contributed by atoms with E-state index in [9.17, 15) is 4.79 Å². The molecule has 0 aliphatic carbocycles. The highest BCUT2D eigenvalue weighted by atomic mass is 32.2. The van der Waals surface area contributed by atoms with Crippen molar-refractivity contribution in [1.82, 2.24) is 10.3 Å². The fraction of sp³-hybridized carbons (Fsp3) is 0.625. The molecule has 1 rings (SSSR count). The Morgan fingerprint density at radius 3 is 2.67 bits per heavy atom. The molecular weight excluding hydrogens is 282 g/mol. The van der Waals surface area contributed by atoms with E-state index in [4.69, 9.17) is 5.73 Å². The van der Waals surface area contributed by atoms with Crippen molar-refractivity contribution in [2.75, 3.05) is 12.3 Å². The van der Waals surface area contributed by atoms with Crippen molar-refractivity contribution in [3.63, 3.8) is 0 Å². The van der Waals surface area contributed by atoms with Crippen molar-refractivity contribution in [1.29, 1.82) is 0 Å². The van der Waals surface area contributed by atoms with Crippen molar-refractivity contribution >= 4 is 17.7 Å². The quantitative estimate of drug-likeness (QED) is 0.544. The van der Waals surface area contributed by atoms with E-state index in [-0.39, 0.29) is 5.91 Å². The minimum Gasteiger partial charge on any atom is -0.368 e. The third kappa shape index (κ3) is 6.06. The van der Waals surface area contributed by atoms with E-state index in [1.807, 2.05) is 20.8 Å². The smallest absolute Gasteiger partial charge is 0.237 e. The molecule has 0 spiro atoms. The number of unbranched alkanes of at least 4 members (excludes halogenated alkanes) is 1. The third-order valence-corrected chi connectivity index (χ3v) is 4.50. The van der Waals surface area contributed by atoms with Crippen molar-refractivity contribution in [2.24, 2.45) is 5.73 Å². The van der Waals surface area contributed by atoms with Gasteiger partial charge in [0.1, 0.15) is 0 Å². The van der Waals surface area contributed by atoms with Gasteiger partial charge in [-0.2, -0.15) is 0 Å². The number of nitrogens with one attached hydrogen (secondary N) is 1. The molecule has 1 amide bonds. The van der Waals surface area contributed by atoms with Crippen LogP contribution in [0.4, 0.5) is 0 Å². The zero-order valence-corrected chi connectivity index (χ0v) is 14.3. The number of rotatable bonds is 9. The normalized spacial score (nSPS) is 13.9. The maximum absolute atomic E-state index is 11.5. The molecule has 1 unspecified atom stereocenters. The fourth-order valence-electron chi connectivity index (χ4n) is 2.32. The van der Waals surface area contributed by atoms with Crippen LogP contribution in [0.3, 0.4) is 0 Å². The zero-order valence-electron chi connectivity index (χ0n) is 13.5. The van der Waals surface area contributed by atoms with Crippen LogP contribution in [-0.2, 0) is 4.79 Å². The number of nitrogens with zero attached hydrogens (tertiary/aromatic N) is 1. The molecule has 3 N–H and O–H groups in total. The van der Waals surface area contributed by atoms with Crippen molar-refractivity contribution in [3.8, 4) is 0 Å². The fourth-order valence-corrected chi connectivity index (χ4v) is 3.36. The first-order chi connectivity index (χ1) is 9.87. The topological polar surface area (TPSA) is 68.0 Å². The summed E-state index contributed by atoms with van der Waals surface area (Å²) in [6, 6.07) is 4.20. The number of thioether (sulfide) groups is 1. The number of primary amides is 1. The lowest BCUT2D eigenvalue weighted by molar-refractivity contribution is -0.124. The van der Waals surface area contributed by atoms with Crippen molar-refractivity contribution in [2.45, 2.75) is 57.5 Å². The molecule has 0 saturated carbocycles. The van der Waals surface area contributed by atoms with Crippen LogP contribution < -0.4 is 11.1 Å². The molecule has 0 aliphatic heterocycles. The van der Waals surface area contributed by atoms with E-state index >= 15 is 0 Å². The lowest BCUT2D eigenvalue weighted by atomic mass is 9.94. The summed E-state index contributed by atoms with van der Waals surface area (Å²) in [4.78, 5) is 16.0. The SMILES string of the molecule is CCNC(C)(CCCCSc1cc(C)cc(C)n1)C(N)=O. The number of pyridine rings is 1. The van der Waals surface area contributed by atoms with Gasteiger partial charge < -0.3 is 11.1 Å². The summed E-state index contributed by atoms with van der Waals surface area (Å²) in [6.45, 7) is 8.74. The highest BCUT2D eigenvalue weighted by Gasteiger charge is 2.28. The summed E-state index contributed by atoms with van der Waals surface area (Å²) < 4.78 is 0. The van der Waals surface area contributed by atoms with Gasteiger partial charge in [-0.25, -0.2) is 4.98 Å². The Balaban J connectivity index is 2.35. The van der Waals surface area contributed by atoms with Crippen LogP contribution in [0.1, 0.15) is 44.4 Å². The Bertz CT molecular complexity index is 458. The van der Waals surface area contributed by atoms with Gasteiger partial charge in [0.15, 0.2) is 0 Å². The average molecular weight is 309 g/mol. The molecular formula is C16H27N3OS. The Kier molecular flexibility index (Phi) is 7.18. The van der Waals surface area contributed by atoms with E-state index in [0.29, 0.717) is 0 Å². The first-order valence-electron chi connectivity index (χ1n) is 7.50. The monoisotopic (exact) mass is 309 g/mol. The number of hydrogen-bond acceptors (Lipinski definition) is 4. The van der Waals surface area contributed by atoms with E-state index < -0.39 is 5.54 Å². The number of amides is 1. The predicted octanol–water partition coefficient (Wildman–Crippen LogP) is 2.81. The second-order valence-electron chi connectivity index (χ2n) is 5.66. The molecule has 1 aromatic heterocycles. The van der Waals surface area contributed by atoms with Gasteiger partial charge in [-0.3, -0.25) is 4.79 Å². The zero-order chi connectivity index (χ0) is 15.9. The molecule has 1 aromatic rings. The van der Waals surface area contributed by atoms with Gasteiger partial charge in [0.05, 0.1) is 10.6 Å². The Morgan fingerprint density at radius 1 is 1.38 bits per heavy atom. The van der Waals surface area contributed by atoms with Gasteiger partial charge >= 0.3 is 0 Å². The van der Waals surface area contributed by atoms with Crippen LogP contribution in [0.2, 0.25) is 0 Å². The average Bonchev–Trinajstić information content (AvgIpc) is 2.37. The van der Waals surface area contributed by atoms with E-state index in [2.05, 4.69) is 29.4 Å². The van der Waals surface area contributed by atoms with Crippen LogP contribution in [0.25, 0.3) is 0 Å². The van der Waals surface area contributed by atoms with Gasteiger partial charge in [0.25, 0.3) is 0 Å². The van der Waals surface area contributed by atoms with Crippen LogP contribution in [0.15, 0.2) is 17.2 Å². The second-order valence-corrected chi connectivity index (χ2v) is 6.77. The van der Waals surface area contributed by atoms with Crippen LogP contribution in [0.5, 0.6) is 0 Å². The molecule has 1 heterocycles. The molecule has 0 saturated heterocycles. The van der Waals surface area contributed by atoms with Gasteiger partial charge in [0.2, 0.25) is 5.91 Å². The minimum atomic E-state index is -0.586. The van der Waals surface area contributed by atoms with E-state index in [1.54, 1.807) is 11.8 Å². The molecule has 21 heavy (non-hydrogen) atoms. The van der Waals surface area contributed by atoms with Crippen LogP contribution >= 0.6 is 11.8 Å². The second kappa shape index (κ2) is 8.39. The molecule has 0 aromatic carbocycles. The highest BCUT2D eigenvalue weighted by Crippen LogP contribution is 2.21. The summed E-state index contributed by atoms with van der Waals surface area (Å²) in [5.74, 6) is 0.740. The van der Waals surface area contributed by atoms with E-state index in [0.717, 1.165) is 42.3 Å². The Hall–Kier alpha value is -1.07. The van der Waals surface area contributed by atoms with Gasteiger partial charge in [-0.15, -0.1) is 11.8 Å². The maximum Gasteiger partial charge on any atom is 0.237 e. The number of carbonyl (C=O) groups excluding carboxylic acids is 1. The van der Waals surface area contributed by atoms with Gasteiger partial charge in [0, 0.05) is 5.69 Å². The molecule has 5 heteroatoms. The molecule has 4 nitrogen and oxygen atoms in total. The molecule has 0 fully saturated rings. The number of hydrogen-bond donors (Lipinski definition) is 2. The van der Waals surface area contributed by atoms with Gasteiger partial charge in [-0.05, 0) is 63.6 Å². The standard InChI is InChI=1S/C16H27N3OS/c1-5-18-16(4,15(17)20)8-6-7-9-21-14-11-12(2)10-13(3)19-14/h10-11,18H,5-9H2,1-4H3,(H2,17,20). The molecule has 0 radical (unpaired) electrons. The summed E-state index contributed by atoms with van der Waals surface area (Å²) in [6.07, 6.45) is 2.80. The minimum absolute atomic E-state index is 0.270. The molecule has 0 bridgehead atoms. The van der Waals surface area contributed by atoms with Gasteiger partial charge in [-0.1, -0.05) is 13.3 Å². The van der Waals surface area contributed by atoms with E-state index in [1.165, 1.54) is 5.56 Å². The molecule has 1 atom stereocenters. The number of likely N-dealkylation sites (N-methyl/N-ethyl adjacent to an activating group) is 1. The van der Waals surface area contributed by atoms with Crippen molar-refractivity contribution < 1.29 is 4.79 Å². The number of aryl methyl sites for hydroxylation is 2. The molecule has 0 aliphatic rings. The Morgan fingerprint density at radius 2 is 2.10 bits per heavy atom. The van der Waals surface area contributed by atoms with Crippen molar-refractivity contribution in [3.05, 3.63) is 23.4 Å². The lowest BCUT2D eigenvalue weighted by Gasteiger charge is -2.26. The van der Waals surface area contributed by atoms with Crippen LogP contribution in [0, 0.1) is 13.8 Å². The summed E-state index contributed by atoms with van der Waals surface area (Å²) in [5, 5.41) is 4.27. The first-order valence-corrected chi connectivity index (χ1v) is 8.49. The number of aromatic nitrogens is 1. The predicted molar refractivity (Wildman–Crippen MR) is 89.6 cm³/mol. The first kappa shape index (κ1) is 18.0. The number of carbonyl (C=O) groups is 1. The summed E-state index contributed by atoms with van der Waals surface area (Å²) in [7, 11) is 0. The molecule has 118 valence electrons. The lowest BCUT2D eigenvalue weighted by Crippen LogP contribution is -2.52. The summed E-state index contributed by atoms with van der Waals surface area (Å²) >= 11 is 1.77.